The van der Waals surface area contributed by atoms with Gasteiger partial charge in [-0.1, -0.05) is 0 Å². The maximum atomic E-state index is 12.5. The second-order valence-electron chi connectivity index (χ2n) is 5.79. The third-order valence-corrected chi connectivity index (χ3v) is 4.42. The molecule has 122 valence electrons. The van der Waals surface area contributed by atoms with Crippen LogP contribution in [0.25, 0.3) is 10.9 Å². The van der Waals surface area contributed by atoms with Crippen molar-refractivity contribution in [3.05, 3.63) is 59.2 Å². The van der Waals surface area contributed by atoms with Crippen molar-refractivity contribution < 1.29 is 18.7 Å². The van der Waals surface area contributed by atoms with Gasteiger partial charge in [-0.25, -0.2) is 4.79 Å². The summed E-state index contributed by atoms with van der Waals surface area (Å²) in [7, 11) is 1.36. The molecule has 1 aliphatic rings. The lowest BCUT2D eigenvalue weighted by Crippen LogP contribution is -2.35. The van der Waals surface area contributed by atoms with E-state index in [1.165, 1.54) is 13.4 Å². The van der Waals surface area contributed by atoms with Crippen molar-refractivity contribution >= 4 is 22.8 Å². The van der Waals surface area contributed by atoms with Crippen LogP contribution in [0.1, 0.15) is 32.2 Å². The standard InChI is InChI=1S/C18H16N2O4/c1-23-18(22)11-4-5-14-12(9-11)13-10-20(7-6-15(13)19-14)17(21)16-3-2-8-24-16/h2-5,8-9,19H,6-7,10H2,1H3. The summed E-state index contributed by atoms with van der Waals surface area (Å²) in [4.78, 5) is 29.4. The van der Waals surface area contributed by atoms with Gasteiger partial charge in [0, 0.05) is 41.7 Å². The Labute approximate surface area is 138 Å². The summed E-state index contributed by atoms with van der Waals surface area (Å²) < 4.78 is 10.00. The molecular weight excluding hydrogens is 308 g/mol. The Kier molecular flexibility index (Phi) is 3.37. The number of benzene rings is 1. The molecule has 1 amide bonds. The first-order valence-electron chi connectivity index (χ1n) is 7.72. The predicted octanol–water partition coefficient (Wildman–Crippen LogP) is 2.75. The number of aromatic amines is 1. The zero-order valence-electron chi connectivity index (χ0n) is 13.2. The number of hydrogen-bond donors (Lipinski definition) is 1. The highest BCUT2D eigenvalue weighted by Crippen LogP contribution is 2.29. The summed E-state index contributed by atoms with van der Waals surface area (Å²) in [6, 6.07) is 8.80. The number of aromatic nitrogens is 1. The SMILES string of the molecule is COC(=O)c1ccc2[nH]c3c(c2c1)CN(C(=O)c1ccco1)CC3. The van der Waals surface area contributed by atoms with Gasteiger partial charge < -0.3 is 19.0 Å². The van der Waals surface area contributed by atoms with Crippen LogP contribution in [-0.4, -0.2) is 35.4 Å². The van der Waals surface area contributed by atoms with E-state index in [0.717, 1.165) is 28.6 Å². The fourth-order valence-electron chi connectivity index (χ4n) is 3.19. The number of carbonyl (C=O) groups excluding carboxylic acids is 2. The van der Waals surface area contributed by atoms with E-state index in [-0.39, 0.29) is 11.9 Å². The van der Waals surface area contributed by atoms with Gasteiger partial charge in [-0.05, 0) is 30.3 Å². The highest BCUT2D eigenvalue weighted by atomic mass is 16.5. The highest BCUT2D eigenvalue weighted by molar-refractivity contribution is 5.97. The molecule has 3 heterocycles. The van der Waals surface area contributed by atoms with Gasteiger partial charge in [0.05, 0.1) is 18.9 Å². The molecule has 0 fully saturated rings. The van der Waals surface area contributed by atoms with Crippen molar-refractivity contribution in [3.63, 3.8) is 0 Å². The topological polar surface area (TPSA) is 75.5 Å². The Balaban J connectivity index is 1.71. The Morgan fingerprint density at radius 2 is 2.17 bits per heavy atom. The third kappa shape index (κ3) is 2.27. The van der Waals surface area contributed by atoms with Crippen molar-refractivity contribution in [1.82, 2.24) is 9.88 Å². The lowest BCUT2D eigenvalue weighted by atomic mass is 10.0. The molecule has 0 saturated heterocycles. The average molecular weight is 324 g/mol. The summed E-state index contributed by atoms with van der Waals surface area (Å²) in [5.41, 5.74) is 3.61. The minimum atomic E-state index is -0.369. The molecule has 6 nitrogen and oxygen atoms in total. The number of ether oxygens (including phenoxy) is 1. The first-order chi connectivity index (χ1) is 11.7. The summed E-state index contributed by atoms with van der Waals surface area (Å²) >= 11 is 0. The number of esters is 1. The van der Waals surface area contributed by atoms with E-state index in [9.17, 15) is 9.59 Å². The molecule has 2 aromatic heterocycles. The van der Waals surface area contributed by atoms with E-state index in [0.29, 0.717) is 24.4 Å². The summed E-state index contributed by atoms with van der Waals surface area (Å²) in [6.45, 7) is 1.11. The number of rotatable bonds is 2. The van der Waals surface area contributed by atoms with Gasteiger partial charge >= 0.3 is 5.97 Å². The molecule has 1 aliphatic heterocycles. The van der Waals surface area contributed by atoms with Crippen molar-refractivity contribution in [2.75, 3.05) is 13.7 Å². The second-order valence-corrected chi connectivity index (χ2v) is 5.79. The number of hydrogen-bond acceptors (Lipinski definition) is 4. The normalized spacial score (nSPS) is 13.8. The molecule has 4 rings (SSSR count). The van der Waals surface area contributed by atoms with E-state index in [1.54, 1.807) is 23.1 Å². The molecule has 0 atom stereocenters. The van der Waals surface area contributed by atoms with E-state index in [4.69, 9.17) is 9.15 Å². The first-order valence-corrected chi connectivity index (χ1v) is 7.72. The lowest BCUT2D eigenvalue weighted by molar-refractivity contribution is 0.0600. The molecule has 0 radical (unpaired) electrons. The molecule has 3 aromatic rings. The summed E-state index contributed by atoms with van der Waals surface area (Å²) in [5, 5.41) is 0.949. The van der Waals surface area contributed by atoms with Crippen LogP contribution in [0.15, 0.2) is 41.0 Å². The van der Waals surface area contributed by atoms with Crippen LogP contribution in [0.3, 0.4) is 0 Å². The first kappa shape index (κ1) is 14.6. The summed E-state index contributed by atoms with van der Waals surface area (Å²) in [5.74, 6) is -0.149. The smallest absolute Gasteiger partial charge is 0.337 e. The lowest BCUT2D eigenvalue weighted by Gasteiger charge is -2.26. The van der Waals surface area contributed by atoms with Crippen LogP contribution < -0.4 is 0 Å². The number of methoxy groups -OCH3 is 1. The van der Waals surface area contributed by atoms with Gasteiger partial charge in [0.25, 0.3) is 5.91 Å². The van der Waals surface area contributed by atoms with Crippen molar-refractivity contribution in [2.45, 2.75) is 13.0 Å². The van der Waals surface area contributed by atoms with Crippen LogP contribution in [-0.2, 0) is 17.7 Å². The quantitative estimate of drug-likeness (QED) is 0.736. The summed E-state index contributed by atoms with van der Waals surface area (Å²) in [6.07, 6.45) is 2.24. The zero-order valence-corrected chi connectivity index (χ0v) is 13.2. The predicted molar refractivity (Wildman–Crippen MR) is 86.8 cm³/mol. The number of H-pyrrole nitrogens is 1. The molecule has 6 heteroatoms. The zero-order chi connectivity index (χ0) is 16.7. The largest absolute Gasteiger partial charge is 0.465 e. The molecule has 0 unspecified atom stereocenters. The van der Waals surface area contributed by atoms with Crippen LogP contribution in [0.4, 0.5) is 0 Å². The fourth-order valence-corrected chi connectivity index (χ4v) is 3.19. The molecule has 1 N–H and O–H groups in total. The van der Waals surface area contributed by atoms with E-state index >= 15 is 0 Å². The Bertz CT molecular complexity index is 924. The van der Waals surface area contributed by atoms with Crippen LogP contribution in [0.2, 0.25) is 0 Å². The second kappa shape index (κ2) is 5.56. The molecule has 0 saturated carbocycles. The number of nitrogens with zero attached hydrogens (tertiary/aromatic N) is 1. The van der Waals surface area contributed by atoms with Gasteiger partial charge in [0.2, 0.25) is 0 Å². The Hall–Kier alpha value is -3.02. The van der Waals surface area contributed by atoms with Gasteiger partial charge in [0.1, 0.15) is 0 Å². The molecular formula is C18H16N2O4. The number of carbonyl (C=O) groups is 2. The maximum absolute atomic E-state index is 12.5. The van der Waals surface area contributed by atoms with Crippen LogP contribution in [0.5, 0.6) is 0 Å². The molecule has 1 aromatic carbocycles. The van der Waals surface area contributed by atoms with Gasteiger partial charge in [-0.15, -0.1) is 0 Å². The van der Waals surface area contributed by atoms with E-state index in [1.807, 2.05) is 12.1 Å². The van der Waals surface area contributed by atoms with E-state index in [2.05, 4.69) is 4.98 Å². The highest BCUT2D eigenvalue weighted by Gasteiger charge is 2.26. The molecule has 0 aliphatic carbocycles. The molecule has 0 spiro atoms. The van der Waals surface area contributed by atoms with Crippen molar-refractivity contribution in [3.8, 4) is 0 Å². The minimum absolute atomic E-state index is 0.121. The average Bonchev–Trinajstić information content (AvgIpc) is 3.27. The van der Waals surface area contributed by atoms with Crippen LogP contribution in [0, 0.1) is 0 Å². The van der Waals surface area contributed by atoms with E-state index < -0.39 is 0 Å². The van der Waals surface area contributed by atoms with Gasteiger partial charge in [-0.2, -0.15) is 0 Å². The maximum Gasteiger partial charge on any atom is 0.337 e. The van der Waals surface area contributed by atoms with Gasteiger partial charge in [0.15, 0.2) is 5.76 Å². The minimum Gasteiger partial charge on any atom is -0.465 e. The van der Waals surface area contributed by atoms with Crippen molar-refractivity contribution in [2.24, 2.45) is 0 Å². The van der Waals surface area contributed by atoms with Crippen LogP contribution >= 0.6 is 0 Å². The molecule has 24 heavy (non-hydrogen) atoms. The Morgan fingerprint density at radius 3 is 2.92 bits per heavy atom. The number of fused-ring (bicyclic) bond motifs is 3. The van der Waals surface area contributed by atoms with Crippen molar-refractivity contribution in [1.29, 1.82) is 0 Å². The third-order valence-electron chi connectivity index (χ3n) is 4.42. The fraction of sp³-hybridized carbons (Fsp3) is 0.222. The Morgan fingerprint density at radius 1 is 1.29 bits per heavy atom. The number of nitrogens with one attached hydrogen (secondary N) is 1. The molecule has 0 bridgehead atoms. The number of amides is 1. The monoisotopic (exact) mass is 324 g/mol. The van der Waals surface area contributed by atoms with Gasteiger partial charge in [-0.3, -0.25) is 4.79 Å². The number of furan rings is 1.